The third-order valence-corrected chi connectivity index (χ3v) is 5.23. The van der Waals surface area contributed by atoms with Gasteiger partial charge < -0.3 is 5.32 Å². The van der Waals surface area contributed by atoms with Crippen LogP contribution in [-0.2, 0) is 0 Å². The van der Waals surface area contributed by atoms with Gasteiger partial charge in [-0.15, -0.1) is 11.6 Å². The Labute approximate surface area is 126 Å². The molecular formula is C17H24ClNO. The van der Waals surface area contributed by atoms with Crippen LogP contribution in [0.1, 0.15) is 54.1 Å². The summed E-state index contributed by atoms with van der Waals surface area (Å²) in [6.07, 6.45) is 4.24. The fourth-order valence-corrected chi connectivity index (χ4v) is 3.25. The maximum Gasteiger partial charge on any atom is 0.252 e. The summed E-state index contributed by atoms with van der Waals surface area (Å²) >= 11 is 6.17. The van der Waals surface area contributed by atoms with Crippen molar-refractivity contribution in [3.63, 3.8) is 0 Å². The number of amides is 1. The molecule has 0 radical (unpaired) electrons. The first-order valence-corrected chi connectivity index (χ1v) is 7.95. The van der Waals surface area contributed by atoms with Crippen LogP contribution in [0.15, 0.2) is 18.2 Å². The average molecular weight is 294 g/mol. The maximum atomic E-state index is 12.6. The highest BCUT2D eigenvalue weighted by Gasteiger charge is 2.35. The summed E-state index contributed by atoms with van der Waals surface area (Å²) in [4.78, 5) is 12.6. The first-order valence-electron chi connectivity index (χ1n) is 7.42. The number of hydrogen-bond donors (Lipinski definition) is 1. The van der Waals surface area contributed by atoms with Gasteiger partial charge in [0.05, 0.1) is 5.54 Å². The first kappa shape index (κ1) is 15.4. The Morgan fingerprint density at radius 2 is 2.00 bits per heavy atom. The average Bonchev–Trinajstić information content (AvgIpc) is 2.44. The number of alkyl halides is 1. The Morgan fingerprint density at radius 1 is 1.35 bits per heavy atom. The predicted octanol–water partition coefficient (Wildman–Crippen LogP) is 4.22. The quantitative estimate of drug-likeness (QED) is 0.831. The number of rotatable bonds is 3. The lowest BCUT2D eigenvalue weighted by atomic mass is 9.78. The van der Waals surface area contributed by atoms with Gasteiger partial charge in [-0.25, -0.2) is 0 Å². The molecule has 1 N–H and O–H groups in total. The minimum atomic E-state index is -0.221. The molecule has 0 atom stereocenters. The Hall–Kier alpha value is -1.02. The van der Waals surface area contributed by atoms with Gasteiger partial charge >= 0.3 is 0 Å². The molecule has 0 aliphatic heterocycles. The molecule has 0 heterocycles. The number of benzene rings is 1. The van der Waals surface area contributed by atoms with Crippen LogP contribution in [0.2, 0.25) is 0 Å². The van der Waals surface area contributed by atoms with Crippen molar-refractivity contribution in [2.45, 2.75) is 52.0 Å². The topological polar surface area (TPSA) is 29.1 Å². The lowest BCUT2D eigenvalue weighted by Crippen LogP contribution is -2.52. The number of carbonyl (C=O) groups excluding carboxylic acids is 1. The van der Waals surface area contributed by atoms with E-state index in [4.69, 9.17) is 11.6 Å². The van der Waals surface area contributed by atoms with E-state index in [1.807, 2.05) is 32.0 Å². The molecule has 1 amide bonds. The van der Waals surface area contributed by atoms with Crippen LogP contribution in [-0.4, -0.2) is 17.3 Å². The van der Waals surface area contributed by atoms with Crippen molar-refractivity contribution in [1.29, 1.82) is 0 Å². The highest BCUT2D eigenvalue weighted by Crippen LogP contribution is 2.33. The third-order valence-electron chi connectivity index (χ3n) is 4.72. The normalized spacial score (nSPS) is 26.3. The number of halogens is 1. The summed E-state index contributed by atoms with van der Waals surface area (Å²) in [5.74, 6) is 1.25. The Bertz CT molecular complexity index is 490. The smallest absolute Gasteiger partial charge is 0.252 e. The van der Waals surface area contributed by atoms with E-state index in [1.54, 1.807) is 0 Å². The zero-order valence-electron chi connectivity index (χ0n) is 12.6. The lowest BCUT2D eigenvalue weighted by Gasteiger charge is -2.39. The van der Waals surface area contributed by atoms with E-state index in [-0.39, 0.29) is 11.4 Å². The van der Waals surface area contributed by atoms with Crippen molar-refractivity contribution < 1.29 is 4.79 Å². The molecule has 0 spiro atoms. The number of nitrogens with one attached hydrogen (secondary N) is 1. The van der Waals surface area contributed by atoms with Crippen molar-refractivity contribution in [3.05, 3.63) is 34.9 Å². The lowest BCUT2D eigenvalue weighted by molar-refractivity contribution is 0.0871. The summed E-state index contributed by atoms with van der Waals surface area (Å²) in [6, 6.07) is 5.87. The standard InChI is InChI=1S/C17H24ClNO/c1-12-7-9-17(11-18,10-8-12)19-16(20)15-6-4-5-13(2)14(15)3/h4-6,12H,7-11H2,1-3H3,(H,19,20). The fraction of sp³-hybridized carbons (Fsp3) is 0.588. The Balaban J connectivity index is 2.15. The molecule has 2 rings (SSSR count). The number of aryl methyl sites for hydroxylation is 1. The first-order chi connectivity index (χ1) is 9.47. The van der Waals surface area contributed by atoms with Gasteiger partial charge in [-0.3, -0.25) is 4.79 Å². The number of hydrogen-bond acceptors (Lipinski definition) is 1. The Kier molecular flexibility index (Phi) is 4.74. The maximum absolute atomic E-state index is 12.6. The summed E-state index contributed by atoms with van der Waals surface area (Å²) in [5.41, 5.74) is 2.75. The predicted molar refractivity (Wildman–Crippen MR) is 84.5 cm³/mol. The molecule has 20 heavy (non-hydrogen) atoms. The van der Waals surface area contributed by atoms with Gasteiger partial charge in [0.25, 0.3) is 5.91 Å². The van der Waals surface area contributed by atoms with Crippen LogP contribution in [0.25, 0.3) is 0 Å². The highest BCUT2D eigenvalue weighted by molar-refractivity contribution is 6.19. The SMILES string of the molecule is Cc1cccc(C(=O)NC2(CCl)CCC(C)CC2)c1C. The monoisotopic (exact) mass is 293 g/mol. The van der Waals surface area contributed by atoms with E-state index in [9.17, 15) is 4.79 Å². The summed E-state index contributed by atoms with van der Waals surface area (Å²) in [6.45, 7) is 6.30. The van der Waals surface area contributed by atoms with Crippen LogP contribution < -0.4 is 5.32 Å². The molecule has 0 aromatic heterocycles. The molecule has 2 nitrogen and oxygen atoms in total. The van der Waals surface area contributed by atoms with E-state index >= 15 is 0 Å². The molecule has 110 valence electrons. The van der Waals surface area contributed by atoms with Gasteiger partial charge in [0.15, 0.2) is 0 Å². The van der Waals surface area contributed by atoms with E-state index < -0.39 is 0 Å². The zero-order chi connectivity index (χ0) is 14.8. The molecule has 1 fully saturated rings. The second-order valence-electron chi connectivity index (χ2n) is 6.30. The molecular weight excluding hydrogens is 270 g/mol. The Morgan fingerprint density at radius 3 is 2.60 bits per heavy atom. The number of carbonyl (C=O) groups is 1. The van der Waals surface area contributed by atoms with Crippen LogP contribution in [0.4, 0.5) is 0 Å². The van der Waals surface area contributed by atoms with Crippen LogP contribution in [0, 0.1) is 19.8 Å². The largest absolute Gasteiger partial charge is 0.345 e. The summed E-state index contributed by atoms with van der Waals surface area (Å²) in [7, 11) is 0. The van der Waals surface area contributed by atoms with Gasteiger partial charge in [0.1, 0.15) is 0 Å². The van der Waals surface area contributed by atoms with Crippen LogP contribution in [0.5, 0.6) is 0 Å². The summed E-state index contributed by atoms with van der Waals surface area (Å²) < 4.78 is 0. The van der Waals surface area contributed by atoms with E-state index in [0.717, 1.165) is 48.3 Å². The molecule has 1 aromatic rings. The second-order valence-corrected chi connectivity index (χ2v) is 6.57. The zero-order valence-corrected chi connectivity index (χ0v) is 13.4. The molecule has 1 aliphatic rings. The van der Waals surface area contributed by atoms with Crippen molar-refractivity contribution in [2.75, 3.05) is 5.88 Å². The third kappa shape index (κ3) is 3.17. The van der Waals surface area contributed by atoms with E-state index in [2.05, 4.69) is 12.2 Å². The summed E-state index contributed by atoms with van der Waals surface area (Å²) in [5, 5.41) is 3.22. The second kappa shape index (κ2) is 6.17. The molecule has 0 saturated heterocycles. The molecule has 1 aromatic carbocycles. The van der Waals surface area contributed by atoms with Crippen molar-refractivity contribution >= 4 is 17.5 Å². The highest BCUT2D eigenvalue weighted by atomic mass is 35.5. The van der Waals surface area contributed by atoms with Gasteiger partial charge in [-0.2, -0.15) is 0 Å². The van der Waals surface area contributed by atoms with E-state index in [1.165, 1.54) is 0 Å². The fourth-order valence-electron chi connectivity index (χ4n) is 2.91. The van der Waals surface area contributed by atoms with Gasteiger partial charge in [0, 0.05) is 11.4 Å². The molecule has 0 bridgehead atoms. The van der Waals surface area contributed by atoms with Gasteiger partial charge in [-0.05, 0) is 62.6 Å². The van der Waals surface area contributed by atoms with Gasteiger partial charge in [-0.1, -0.05) is 19.1 Å². The van der Waals surface area contributed by atoms with Crippen molar-refractivity contribution in [1.82, 2.24) is 5.32 Å². The molecule has 1 aliphatic carbocycles. The minimum absolute atomic E-state index is 0.0152. The van der Waals surface area contributed by atoms with Crippen molar-refractivity contribution in [2.24, 2.45) is 5.92 Å². The van der Waals surface area contributed by atoms with Crippen LogP contribution in [0.3, 0.4) is 0 Å². The minimum Gasteiger partial charge on any atom is -0.345 e. The van der Waals surface area contributed by atoms with Gasteiger partial charge in [0.2, 0.25) is 0 Å². The van der Waals surface area contributed by atoms with Crippen LogP contribution >= 0.6 is 11.6 Å². The molecule has 3 heteroatoms. The molecule has 0 unspecified atom stereocenters. The molecule has 1 saturated carbocycles. The van der Waals surface area contributed by atoms with Crippen molar-refractivity contribution in [3.8, 4) is 0 Å². The van der Waals surface area contributed by atoms with E-state index in [0.29, 0.717) is 5.88 Å².